The molecule has 0 saturated carbocycles. The number of carbonyl (C=O) groups is 2. The Morgan fingerprint density at radius 3 is 1.91 bits per heavy atom. The first-order chi connectivity index (χ1) is 16.9. The Morgan fingerprint density at radius 2 is 1.37 bits per heavy atom. The molecule has 0 fully saturated rings. The van der Waals surface area contributed by atoms with Crippen LogP contribution in [0.15, 0.2) is 97.2 Å². The van der Waals surface area contributed by atoms with Crippen LogP contribution >= 0.6 is 0 Å². The van der Waals surface area contributed by atoms with Gasteiger partial charge in [0.25, 0.3) is 0 Å². The Bertz CT molecular complexity index is 1270. The van der Waals surface area contributed by atoms with Crippen molar-refractivity contribution in [2.24, 2.45) is 0 Å². The molecule has 176 valence electrons. The normalized spacial score (nSPS) is 11.6. The van der Waals surface area contributed by atoms with Gasteiger partial charge in [0.05, 0.1) is 0 Å². The van der Waals surface area contributed by atoms with E-state index in [1.165, 1.54) is 0 Å². The summed E-state index contributed by atoms with van der Waals surface area (Å²) in [6, 6.07) is 27.3. The summed E-state index contributed by atoms with van der Waals surface area (Å²) < 4.78 is 0. The average Bonchev–Trinajstić information content (AvgIpc) is 2.87. The van der Waals surface area contributed by atoms with E-state index in [2.05, 4.69) is 15.6 Å². The number of anilines is 1. The van der Waals surface area contributed by atoms with Crippen LogP contribution in [0.1, 0.15) is 28.3 Å². The minimum atomic E-state index is -1.26. The first-order valence-electron chi connectivity index (χ1n) is 11.4. The van der Waals surface area contributed by atoms with Gasteiger partial charge in [-0.3, -0.25) is 9.78 Å². The van der Waals surface area contributed by atoms with Gasteiger partial charge < -0.3 is 15.7 Å². The van der Waals surface area contributed by atoms with Gasteiger partial charge in [0.2, 0.25) is 5.91 Å². The fourth-order valence-corrected chi connectivity index (χ4v) is 4.24. The predicted molar refractivity (Wildman–Crippen MR) is 137 cm³/mol. The van der Waals surface area contributed by atoms with E-state index in [0.29, 0.717) is 5.69 Å². The SMILES string of the molecule is Cc1nccc(-c2ccc(NC(=O)C(NC(=O)O)C(c3ccccc3)c3ccccc3)cc2)c1C. The number of hydrogen-bond acceptors (Lipinski definition) is 3. The molecule has 6 heteroatoms. The molecule has 4 rings (SSSR count). The van der Waals surface area contributed by atoms with Crippen LogP contribution < -0.4 is 10.6 Å². The smallest absolute Gasteiger partial charge is 0.405 e. The lowest BCUT2D eigenvalue weighted by Gasteiger charge is -2.27. The number of hydrogen-bond donors (Lipinski definition) is 3. The molecule has 0 aliphatic carbocycles. The lowest BCUT2D eigenvalue weighted by molar-refractivity contribution is -0.118. The number of rotatable bonds is 7. The van der Waals surface area contributed by atoms with Crippen molar-refractivity contribution in [2.45, 2.75) is 25.8 Å². The topological polar surface area (TPSA) is 91.3 Å². The Balaban J connectivity index is 1.63. The van der Waals surface area contributed by atoms with Gasteiger partial charge in [0, 0.05) is 23.5 Å². The first kappa shape index (κ1) is 23.7. The van der Waals surface area contributed by atoms with Crippen LogP contribution in [0.25, 0.3) is 11.1 Å². The fourth-order valence-electron chi connectivity index (χ4n) is 4.24. The number of pyridine rings is 1. The van der Waals surface area contributed by atoms with Crippen molar-refractivity contribution in [3.8, 4) is 11.1 Å². The second-order valence-electron chi connectivity index (χ2n) is 8.36. The first-order valence-corrected chi connectivity index (χ1v) is 11.4. The molecular weight excluding hydrogens is 438 g/mol. The lowest BCUT2D eigenvalue weighted by Crippen LogP contribution is -2.47. The van der Waals surface area contributed by atoms with E-state index < -0.39 is 24.0 Å². The zero-order chi connectivity index (χ0) is 24.8. The van der Waals surface area contributed by atoms with Crippen LogP contribution in [0, 0.1) is 13.8 Å². The molecule has 1 heterocycles. The maximum Gasteiger partial charge on any atom is 0.405 e. The molecule has 0 saturated heterocycles. The van der Waals surface area contributed by atoms with Crippen LogP contribution in [0.4, 0.5) is 10.5 Å². The summed E-state index contributed by atoms with van der Waals surface area (Å²) in [5, 5.41) is 14.9. The number of amides is 2. The standard InChI is InChI=1S/C29H27N3O3/c1-19-20(2)30-18-17-25(19)21-13-15-24(16-14-21)31-28(33)27(32-29(34)35)26(22-9-5-3-6-10-22)23-11-7-4-8-12-23/h3-18,26-27,32H,1-2H3,(H,31,33)(H,34,35). The van der Waals surface area contributed by atoms with Crippen molar-refractivity contribution in [1.82, 2.24) is 10.3 Å². The van der Waals surface area contributed by atoms with E-state index >= 15 is 0 Å². The number of nitrogens with zero attached hydrogens (tertiary/aromatic N) is 1. The van der Waals surface area contributed by atoms with E-state index in [-0.39, 0.29) is 0 Å². The van der Waals surface area contributed by atoms with Gasteiger partial charge in [-0.1, -0.05) is 72.8 Å². The third-order valence-electron chi connectivity index (χ3n) is 6.13. The van der Waals surface area contributed by atoms with Crippen molar-refractivity contribution in [1.29, 1.82) is 0 Å². The minimum Gasteiger partial charge on any atom is -0.465 e. The highest BCUT2D eigenvalue weighted by atomic mass is 16.4. The average molecular weight is 466 g/mol. The zero-order valence-electron chi connectivity index (χ0n) is 19.6. The third kappa shape index (κ3) is 5.55. The molecule has 3 aromatic carbocycles. The van der Waals surface area contributed by atoms with Crippen LogP contribution in [-0.4, -0.2) is 28.1 Å². The fraction of sp³-hybridized carbons (Fsp3) is 0.138. The lowest BCUT2D eigenvalue weighted by atomic mass is 9.84. The summed E-state index contributed by atoms with van der Waals surface area (Å²) in [5.41, 5.74) is 6.42. The molecule has 1 unspecified atom stereocenters. The third-order valence-corrected chi connectivity index (χ3v) is 6.13. The van der Waals surface area contributed by atoms with Gasteiger partial charge in [0.1, 0.15) is 6.04 Å². The highest BCUT2D eigenvalue weighted by molar-refractivity contribution is 5.97. The van der Waals surface area contributed by atoms with Crippen LogP contribution in [0.2, 0.25) is 0 Å². The van der Waals surface area contributed by atoms with E-state index in [1.54, 1.807) is 6.20 Å². The predicted octanol–water partition coefficient (Wildman–Crippen LogP) is 5.77. The van der Waals surface area contributed by atoms with E-state index in [0.717, 1.165) is 33.5 Å². The summed E-state index contributed by atoms with van der Waals surface area (Å²) in [5.74, 6) is -0.941. The van der Waals surface area contributed by atoms with Gasteiger partial charge >= 0.3 is 6.09 Å². The molecule has 1 atom stereocenters. The van der Waals surface area contributed by atoms with Gasteiger partial charge in [0.15, 0.2) is 0 Å². The second-order valence-corrected chi connectivity index (χ2v) is 8.36. The van der Waals surface area contributed by atoms with Crippen LogP contribution in [0.3, 0.4) is 0 Å². The van der Waals surface area contributed by atoms with E-state index in [4.69, 9.17) is 0 Å². The van der Waals surface area contributed by atoms with Gasteiger partial charge in [-0.15, -0.1) is 0 Å². The molecule has 1 aromatic heterocycles. The molecule has 35 heavy (non-hydrogen) atoms. The largest absolute Gasteiger partial charge is 0.465 e. The van der Waals surface area contributed by atoms with Gasteiger partial charge in [-0.25, -0.2) is 4.79 Å². The maximum atomic E-state index is 13.4. The van der Waals surface area contributed by atoms with E-state index in [1.807, 2.05) is 105 Å². The molecule has 4 aromatic rings. The maximum absolute atomic E-state index is 13.4. The molecule has 6 nitrogen and oxygen atoms in total. The molecule has 0 spiro atoms. The van der Waals surface area contributed by atoms with Crippen molar-refractivity contribution >= 4 is 17.7 Å². The number of nitrogens with one attached hydrogen (secondary N) is 2. The van der Waals surface area contributed by atoms with Crippen LogP contribution in [-0.2, 0) is 4.79 Å². The van der Waals surface area contributed by atoms with Crippen molar-refractivity contribution in [2.75, 3.05) is 5.32 Å². The molecule has 0 radical (unpaired) electrons. The molecule has 3 N–H and O–H groups in total. The Kier molecular flexibility index (Phi) is 7.21. The molecular formula is C29H27N3O3. The molecule has 2 amide bonds. The summed E-state index contributed by atoms with van der Waals surface area (Å²) in [6.45, 7) is 4.00. The Hall–Kier alpha value is -4.45. The summed E-state index contributed by atoms with van der Waals surface area (Å²) in [4.78, 5) is 29.5. The number of aryl methyl sites for hydroxylation is 1. The van der Waals surface area contributed by atoms with E-state index in [9.17, 15) is 14.7 Å². The van der Waals surface area contributed by atoms with Crippen molar-refractivity contribution in [3.63, 3.8) is 0 Å². The van der Waals surface area contributed by atoms with Gasteiger partial charge in [-0.2, -0.15) is 0 Å². The zero-order valence-corrected chi connectivity index (χ0v) is 19.6. The number of carbonyl (C=O) groups excluding carboxylic acids is 1. The number of carboxylic acid groups (broad SMARTS) is 1. The molecule has 0 aliphatic rings. The van der Waals surface area contributed by atoms with Gasteiger partial charge in [-0.05, 0) is 59.9 Å². The molecule has 0 bridgehead atoms. The van der Waals surface area contributed by atoms with Crippen molar-refractivity contribution < 1.29 is 14.7 Å². The minimum absolute atomic E-state index is 0.436. The number of aromatic nitrogens is 1. The monoisotopic (exact) mass is 465 g/mol. The highest BCUT2D eigenvalue weighted by Gasteiger charge is 2.32. The Labute approximate surface area is 204 Å². The summed E-state index contributed by atoms with van der Waals surface area (Å²) >= 11 is 0. The quantitative estimate of drug-likeness (QED) is 0.323. The Morgan fingerprint density at radius 1 is 0.800 bits per heavy atom. The molecule has 0 aliphatic heterocycles. The van der Waals surface area contributed by atoms with Crippen LogP contribution in [0.5, 0.6) is 0 Å². The summed E-state index contributed by atoms with van der Waals surface area (Å²) in [7, 11) is 0. The number of benzene rings is 3. The second kappa shape index (κ2) is 10.7. The highest BCUT2D eigenvalue weighted by Crippen LogP contribution is 2.30. The van der Waals surface area contributed by atoms with Crippen molar-refractivity contribution in [3.05, 3.63) is 120 Å². The summed E-state index contributed by atoms with van der Waals surface area (Å²) in [6.07, 6.45) is 0.518.